The monoisotopic (exact) mass is 433 g/mol. The fourth-order valence-electron chi connectivity index (χ4n) is 2.51. The molecule has 0 saturated carbocycles. The van der Waals surface area contributed by atoms with Gasteiger partial charge in [0.15, 0.2) is 5.16 Å². The van der Waals surface area contributed by atoms with Crippen LogP contribution in [0.5, 0.6) is 0 Å². The maximum atomic E-state index is 13.9. The Morgan fingerprint density at radius 3 is 2.55 bits per heavy atom. The number of nitrogens with one attached hydrogen (secondary N) is 1. The molecule has 1 heterocycles. The SMILES string of the molecule is CSc1nc(NCc2ccc(F)cc2F)c(C(=O)O)c(SCc2ccccc2)n1. The number of aromatic carboxylic acids is 1. The summed E-state index contributed by atoms with van der Waals surface area (Å²) in [4.78, 5) is 20.5. The zero-order valence-electron chi connectivity index (χ0n) is 15.4. The molecule has 0 bridgehead atoms. The van der Waals surface area contributed by atoms with Gasteiger partial charge in [-0.05, 0) is 17.9 Å². The van der Waals surface area contributed by atoms with Gasteiger partial charge in [-0.1, -0.05) is 48.2 Å². The van der Waals surface area contributed by atoms with E-state index < -0.39 is 17.6 Å². The number of carbonyl (C=O) groups is 1. The highest BCUT2D eigenvalue weighted by molar-refractivity contribution is 7.99. The van der Waals surface area contributed by atoms with Crippen molar-refractivity contribution in [3.05, 3.63) is 76.9 Å². The Morgan fingerprint density at radius 2 is 1.90 bits per heavy atom. The van der Waals surface area contributed by atoms with Crippen molar-refractivity contribution in [1.29, 1.82) is 0 Å². The molecule has 2 aromatic carbocycles. The van der Waals surface area contributed by atoms with Crippen LogP contribution in [-0.2, 0) is 12.3 Å². The van der Waals surface area contributed by atoms with Crippen molar-refractivity contribution in [3.63, 3.8) is 0 Å². The smallest absolute Gasteiger partial charge is 0.342 e. The van der Waals surface area contributed by atoms with E-state index in [0.717, 1.165) is 17.7 Å². The summed E-state index contributed by atoms with van der Waals surface area (Å²) in [5.41, 5.74) is 1.15. The van der Waals surface area contributed by atoms with Crippen LogP contribution in [0.3, 0.4) is 0 Å². The standard InChI is InChI=1S/C20H17F2N3O2S2/c1-28-20-24-17(23-10-13-7-8-14(21)9-15(13)22)16(19(26)27)18(25-20)29-11-12-5-3-2-4-6-12/h2-9H,10-11H2,1H3,(H,26,27)(H,23,24,25). The lowest BCUT2D eigenvalue weighted by Gasteiger charge is -2.14. The van der Waals surface area contributed by atoms with Crippen molar-refractivity contribution in [2.24, 2.45) is 0 Å². The molecule has 0 aliphatic carbocycles. The zero-order valence-corrected chi connectivity index (χ0v) is 17.0. The summed E-state index contributed by atoms with van der Waals surface area (Å²) in [6.07, 6.45) is 1.78. The average Bonchev–Trinajstić information content (AvgIpc) is 2.71. The molecule has 150 valence electrons. The molecule has 0 spiro atoms. The zero-order chi connectivity index (χ0) is 20.8. The molecule has 29 heavy (non-hydrogen) atoms. The van der Waals surface area contributed by atoms with Crippen molar-refractivity contribution < 1.29 is 18.7 Å². The lowest BCUT2D eigenvalue weighted by molar-refractivity contribution is 0.0692. The number of hydrogen-bond acceptors (Lipinski definition) is 6. The van der Waals surface area contributed by atoms with Gasteiger partial charge in [0.05, 0.1) is 0 Å². The normalized spacial score (nSPS) is 10.7. The maximum absolute atomic E-state index is 13.9. The van der Waals surface area contributed by atoms with Gasteiger partial charge in [0.1, 0.15) is 28.0 Å². The van der Waals surface area contributed by atoms with E-state index in [0.29, 0.717) is 15.9 Å². The van der Waals surface area contributed by atoms with Gasteiger partial charge in [-0.2, -0.15) is 0 Å². The van der Waals surface area contributed by atoms with Crippen molar-refractivity contribution in [1.82, 2.24) is 9.97 Å². The van der Waals surface area contributed by atoms with E-state index in [1.54, 1.807) is 6.26 Å². The Morgan fingerprint density at radius 1 is 1.14 bits per heavy atom. The van der Waals surface area contributed by atoms with Crippen molar-refractivity contribution in [2.45, 2.75) is 22.5 Å². The summed E-state index contributed by atoms with van der Waals surface area (Å²) in [6, 6.07) is 12.8. The summed E-state index contributed by atoms with van der Waals surface area (Å²) in [5, 5.41) is 13.3. The second-order valence-corrected chi connectivity index (χ2v) is 7.65. The number of anilines is 1. The number of aromatic nitrogens is 2. The first-order valence-electron chi connectivity index (χ1n) is 8.51. The molecular weight excluding hydrogens is 416 g/mol. The van der Waals surface area contributed by atoms with Crippen molar-refractivity contribution in [3.8, 4) is 0 Å². The van der Waals surface area contributed by atoms with Gasteiger partial charge in [0, 0.05) is 23.9 Å². The number of hydrogen-bond donors (Lipinski definition) is 2. The number of halogens is 2. The molecular formula is C20H17F2N3O2S2. The van der Waals surface area contributed by atoms with Crippen LogP contribution in [0, 0.1) is 11.6 Å². The highest BCUT2D eigenvalue weighted by Crippen LogP contribution is 2.31. The first-order chi connectivity index (χ1) is 14.0. The fourth-order valence-corrected chi connectivity index (χ4v) is 3.91. The van der Waals surface area contributed by atoms with Crippen LogP contribution in [0.2, 0.25) is 0 Å². The molecule has 9 heteroatoms. The Hall–Kier alpha value is -2.65. The van der Waals surface area contributed by atoms with Crippen molar-refractivity contribution in [2.75, 3.05) is 11.6 Å². The Kier molecular flexibility index (Phi) is 7.05. The summed E-state index contributed by atoms with van der Waals surface area (Å²) >= 11 is 2.56. The fraction of sp³-hybridized carbons (Fsp3) is 0.150. The van der Waals surface area contributed by atoms with Gasteiger partial charge in [-0.3, -0.25) is 0 Å². The molecule has 0 saturated heterocycles. The first kappa shape index (κ1) is 21.1. The van der Waals surface area contributed by atoms with E-state index in [-0.39, 0.29) is 23.5 Å². The summed E-state index contributed by atoms with van der Waals surface area (Å²) < 4.78 is 27.0. The molecule has 2 N–H and O–H groups in total. The molecule has 0 amide bonds. The van der Waals surface area contributed by atoms with Crippen LogP contribution >= 0.6 is 23.5 Å². The largest absolute Gasteiger partial charge is 0.477 e. The minimum Gasteiger partial charge on any atom is -0.477 e. The van der Waals surface area contributed by atoms with Gasteiger partial charge >= 0.3 is 5.97 Å². The number of carboxylic acid groups (broad SMARTS) is 1. The molecule has 0 aliphatic heterocycles. The number of rotatable bonds is 8. The molecule has 0 unspecified atom stereocenters. The topological polar surface area (TPSA) is 75.1 Å². The number of nitrogens with zero attached hydrogens (tertiary/aromatic N) is 2. The molecule has 1 aromatic heterocycles. The average molecular weight is 434 g/mol. The van der Waals surface area contributed by atoms with Crippen LogP contribution in [0.15, 0.2) is 58.7 Å². The van der Waals surface area contributed by atoms with E-state index in [9.17, 15) is 18.7 Å². The molecule has 3 aromatic rings. The molecule has 0 fully saturated rings. The van der Waals surface area contributed by atoms with Crippen molar-refractivity contribution >= 4 is 35.3 Å². The quantitative estimate of drug-likeness (QED) is 0.291. The third kappa shape index (κ3) is 5.45. The minimum absolute atomic E-state index is 0.0416. The predicted octanol–water partition coefficient (Wildman–Crippen LogP) is 5.08. The van der Waals surface area contributed by atoms with Gasteiger partial charge in [0.2, 0.25) is 0 Å². The molecule has 0 atom stereocenters. The summed E-state index contributed by atoms with van der Waals surface area (Å²) in [5.74, 6) is -1.94. The second-order valence-electron chi connectivity index (χ2n) is 5.91. The molecule has 0 aliphatic rings. The third-order valence-electron chi connectivity index (χ3n) is 3.93. The van der Waals surface area contributed by atoms with Crippen LogP contribution in [-0.4, -0.2) is 27.3 Å². The third-order valence-corrected chi connectivity index (χ3v) is 5.53. The van der Waals surface area contributed by atoms with E-state index in [4.69, 9.17) is 0 Å². The number of thioether (sulfide) groups is 2. The lowest BCUT2D eigenvalue weighted by Crippen LogP contribution is -2.13. The van der Waals surface area contributed by atoms with E-state index >= 15 is 0 Å². The van der Waals surface area contributed by atoms with Crippen LogP contribution in [0.4, 0.5) is 14.6 Å². The Bertz CT molecular complexity index is 1020. The summed E-state index contributed by atoms with van der Waals surface area (Å²) in [6.45, 7) is -0.0416. The number of benzene rings is 2. The van der Waals surface area contributed by atoms with E-state index in [1.165, 1.54) is 29.6 Å². The van der Waals surface area contributed by atoms with Crippen LogP contribution in [0.1, 0.15) is 21.5 Å². The molecule has 0 radical (unpaired) electrons. The second kappa shape index (κ2) is 9.71. The Balaban J connectivity index is 1.89. The van der Waals surface area contributed by atoms with E-state index in [2.05, 4.69) is 15.3 Å². The van der Waals surface area contributed by atoms with Gasteiger partial charge in [-0.15, -0.1) is 11.8 Å². The first-order valence-corrected chi connectivity index (χ1v) is 10.7. The van der Waals surface area contributed by atoms with E-state index in [1.807, 2.05) is 30.3 Å². The predicted molar refractivity (Wildman–Crippen MR) is 110 cm³/mol. The Labute approximate surface area is 175 Å². The summed E-state index contributed by atoms with van der Waals surface area (Å²) in [7, 11) is 0. The van der Waals surface area contributed by atoms with Crippen LogP contribution in [0.25, 0.3) is 0 Å². The van der Waals surface area contributed by atoms with Crippen LogP contribution < -0.4 is 5.32 Å². The van der Waals surface area contributed by atoms with Gasteiger partial charge < -0.3 is 10.4 Å². The molecule has 3 rings (SSSR count). The number of carboxylic acids is 1. The van der Waals surface area contributed by atoms with Gasteiger partial charge in [-0.25, -0.2) is 23.5 Å². The highest BCUT2D eigenvalue weighted by Gasteiger charge is 2.21. The highest BCUT2D eigenvalue weighted by atomic mass is 32.2. The maximum Gasteiger partial charge on any atom is 0.342 e. The molecule has 5 nitrogen and oxygen atoms in total. The van der Waals surface area contributed by atoms with Gasteiger partial charge in [0.25, 0.3) is 0 Å². The minimum atomic E-state index is -1.18. The lowest BCUT2D eigenvalue weighted by atomic mass is 10.2.